The van der Waals surface area contributed by atoms with Crippen LogP contribution in [0.4, 0.5) is 19.0 Å². The van der Waals surface area contributed by atoms with Gasteiger partial charge in [-0.2, -0.15) is 13.2 Å². The number of pyridine rings is 1. The smallest absolute Gasteiger partial charge is 0.419 e. The molecule has 1 fully saturated rings. The highest BCUT2D eigenvalue weighted by Crippen LogP contribution is 2.39. The van der Waals surface area contributed by atoms with Crippen molar-refractivity contribution in [1.29, 1.82) is 0 Å². The Morgan fingerprint density at radius 3 is 2.44 bits per heavy atom. The predicted octanol–water partition coefficient (Wildman–Crippen LogP) is 4.03. The van der Waals surface area contributed by atoms with Gasteiger partial charge in [0.05, 0.1) is 25.3 Å². The number of nitrogen functional groups attached to an aromatic ring is 1. The van der Waals surface area contributed by atoms with E-state index >= 15 is 0 Å². The lowest BCUT2D eigenvalue weighted by molar-refractivity contribution is -0.139. The average molecular weight is 541 g/mol. The lowest BCUT2D eigenvalue weighted by Gasteiger charge is -2.26. The molecule has 204 valence electrons. The molecule has 39 heavy (non-hydrogen) atoms. The summed E-state index contributed by atoms with van der Waals surface area (Å²) in [5, 5.41) is 2.55. The minimum atomic E-state index is -4.66. The molecule has 1 aliphatic rings. The molecule has 2 aromatic carbocycles. The molecule has 1 aliphatic heterocycles. The molecule has 3 N–H and O–H groups in total. The van der Waals surface area contributed by atoms with Crippen molar-refractivity contribution >= 4 is 23.7 Å². The van der Waals surface area contributed by atoms with E-state index in [1.165, 1.54) is 30.5 Å². The summed E-state index contributed by atoms with van der Waals surface area (Å²) >= 11 is 0. The number of hydrogen-bond donors (Lipinski definition) is 2. The highest BCUT2D eigenvalue weighted by atomic mass is 19.4. The normalized spacial score (nSPS) is 13.9. The van der Waals surface area contributed by atoms with Crippen molar-refractivity contribution in [2.45, 2.75) is 6.18 Å². The zero-order chi connectivity index (χ0) is 27.8. The van der Waals surface area contributed by atoms with Gasteiger partial charge >= 0.3 is 6.18 Å². The molecular weight excluding hydrogens is 513 g/mol. The molecule has 0 saturated carbocycles. The van der Waals surface area contributed by atoms with E-state index in [9.17, 15) is 22.8 Å². The lowest BCUT2D eigenvalue weighted by Crippen LogP contribution is -2.40. The Morgan fingerprint density at radius 1 is 1.05 bits per heavy atom. The van der Waals surface area contributed by atoms with E-state index in [2.05, 4.69) is 10.3 Å². The zero-order valence-corrected chi connectivity index (χ0v) is 20.9. The monoisotopic (exact) mass is 540 g/mol. The molecule has 1 aromatic heterocycles. The van der Waals surface area contributed by atoms with Gasteiger partial charge in [0.2, 0.25) is 5.91 Å². The van der Waals surface area contributed by atoms with E-state index in [1.807, 2.05) is 0 Å². The Morgan fingerprint density at radius 2 is 1.77 bits per heavy atom. The highest BCUT2D eigenvalue weighted by Gasteiger charge is 2.35. The second kappa shape index (κ2) is 12.4. The van der Waals surface area contributed by atoms with Gasteiger partial charge in [0.1, 0.15) is 18.2 Å². The van der Waals surface area contributed by atoms with Gasteiger partial charge in [0.15, 0.2) is 0 Å². The third-order valence-electron chi connectivity index (χ3n) is 5.94. The molecule has 0 bridgehead atoms. The zero-order valence-electron chi connectivity index (χ0n) is 20.9. The topological polar surface area (TPSA) is 107 Å². The SMILES string of the molecule is Nc1ccc(C=CC(=O)NCCOc2ccc(-c3ccc(C(=O)N4CCOCC4)cc3)cc2C(F)(F)F)cn1. The van der Waals surface area contributed by atoms with Crippen LogP contribution in [0, 0.1) is 0 Å². The number of hydrogen-bond acceptors (Lipinski definition) is 6. The molecule has 0 radical (unpaired) electrons. The number of carbonyl (C=O) groups is 2. The first-order valence-corrected chi connectivity index (χ1v) is 12.2. The summed E-state index contributed by atoms with van der Waals surface area (Å²) in [6.07, 6.45) is -0.336. The first kappa shape index (κ1) is 27.6. The number of aromatic nitrogens is 1. The Labute approximate surface area is 223 Å². The number of halogens is 3. The van der Waals surface area contributed by atoms with Gasteiger partial charge in [-0.3, -0.25) is 9.59 Å². The first-order valence-electron chi connectivity index (χ1n) is 12.2. The molecule has 0 spiro atoms. The van der Waals surface area contributed by atoms with Crippen LogP contribution in [0.25, 0.3) is 17.2 Å². The van der Waals surface area contributed by atoms with Crippen LogP contribution in [-0.4, -0.2) is 61.2 Å². The maximum absolute atomic E-state index is 13.8. The van der Waals surface area contributed by atoms with Gasteiger partial charge in [-0.15, -0.1) is 0 Å². The number of morpholine rings is 1. The van der Waals surface area contributed by atoms with Crippen molar-refractivity contribution in [2.75, 3.05) is 45.2 Å². The molecule has 3 aromatic rings. The maximum Gasteiger partial charge on any atom is 0.419 e. The fraction of sp³-hybridized carbons (Fsp3) is 0.250. The molecule has 1 saturated heterocycles. The number of benzene rings is 2. The van der Waals surface area contributed by atoms with Crippen molar-refractivity contribution < 1.29 is 32.2 Å². The average Bonchev–Trinajstić information content (AvgIpc) is 2.95. The summed E-state index contributed by atoms with van der Waals surface area (Å²) in [5.41, 5.74) is 6.56. The Balaban J connectivity index is 1.36. The van der Waals surface area contributed by atoms with Gasteiger partial charge in [-0.25, -0.2) is 4.98 Å². The third-order valence-corrected chi connectivity index (χ3v) is 5.94. The van der Waals surface area contributed by atoms with E-state index in [0.717, 1.165) is 6.07 Å². The van der Waals surface area contributed by atoms with Crippen LogP contribution < -0.4 is 15.8 Å². The van der Waals surface area contributed by atoms with E-state index < -0.39 is 17.6 Å². The molecule has 0 aliphatic carbocycles. The van der Waals surface area contributed by atoms with Crippen molar-refractivity contribution in [3.8, 4) is 16.9 Å². The van der Waals surface area contributed by atoms with E-state index in [-0.39, 0.29) is 24.8 Å². The van der Waals surface area contributed by atoms with Gasteiger partial charge in [0.25, 0.3) is 5.91 Å². The number of rotatable bonds is 8. The summed E-state index contributed by atoms with van der Waals surface area (Å²) in [7, 11) is 0. The highest BCUT2D eigenvalue weighted by molar-refractivity contribution is 5.95. The number of nitrogens with zero attached hydrogens (tertiary/aromatic N) is 2. The van der Waals surface area contributed by atoms with Gasteiger partial charge in [-0.05, 0) is 59.2 Å². The largest absolute Gasteiger partial charge is 0.491 e. The molecule has 4 rings (SSSR count). The fourth-order valence-electron chi connectivity index (χ4n) is 3.89. The van der Waals surface area contributed by atoms with Crippen molar-refractivity contribution in [1.82, 2.24) is 15.2 Å². The lowest BCUT2D eigenvalue weighted by atomic mass is 10.0. The summed E-state index contributed by atoms with van der Waals surface area (Å²) in [4.78, 5) is 30.2. The van der Waals surface area contributed by atoms with Gasteiger partial charge in [-0.1, -0.05) is 18.2 Å². The summed E-state index contributed by atoms with van der Waals surface area (Å²) < 4.78 is 52.0. The second-order valence-corrected chi connectivity index (χ2v) is 8.68. The van der Waals surface area contributed by atoms with Gasteiger partial charge in [0, 0.05) is 30.9 Å². The van der Waals surface area contributed by atoms with Crippen LogP contribution in [0.3, 0.4) is 0 Å². The van der Waals surface area contributed by atoms with E-state index in [0.29, 0.717) is 54.4 Å². The quantitative estimate of drug-likeness (QED) is 0.330. The van der Waals surface area contributed by atoms with E-state index in [1.54, 1.807) is 41.3 Å². The molecule has 2 amide bonds. The van der Waals surface area contributed by atoms with Crippen LogP contribution in [0.2, 0.25) is 0 Å². The second-order valence-electron chi connectivity index (χ2n) is 8.68. The summed E-state index contributed by atoms with van der Waals surface area (Å²) in [5.74, 6) is -0.566. The Kier molecular flexibility index (Phi) is 8.82. The first-order chi connectivity index (χ1) is 18.7. The molecule has 8 nitrogen and oxygen atoms in total. The van der Waals surface area contributed by atoms with Crippen LogP contribution in [-0.2, 0) is 15.7 Å². The minimum absolute atomic E-state index is 0.000837. The molecule has 0 atom stereocenters. The van der Waals surface area contributed by atoms with Crippen molar-refractivity contribution in [2.24, 2.45) is 0 Å². The molecule has 11 heteroatoms. The number of carbonyl (C=O) groups excluding carboxylic acids is 2. The fourth-order valence-corrected chi connectivity index (χ4v) is 3.89. The van der Waals surface area contributed by atoms with Crippen LogP contribution in [0.15, 0.2) is 66.9 Å². The van der Waals surface area contributed by atoms with Crippen molar-refractivity contribution in [3.63, 3.8) is 0 Å². The molecular formula is C28H27F3N4O4. The number of alkyl halides is 3. The number of nitrogens with one attached hydrogen (secondary N) is 1. The molecule has 0 unspecified atom stereocenters. The van der Waals surface area contributed by atoms with Crippen molar-refractivity contribution in [3.05, 3.63) is 83.6 Å². The predicted molar refractivity (Wildman–Crippen MR) is 140 cm³/mol. The minimum Gasteiger partial charge on any atom is -0.491 e. The van der Waals surface area contributed by atoms with Crippen LogP contribution in [0.5, 0.6) is 5.75 Å². The summed E-state index contributed by atoms with van der Waals surface area (Å²) in [6, 6.07) is 13.5. The van der Waals surface area contributed by atoms with E-state index in [4.69, 9.17) is 15.2 Å². The third kappa shape index (κ3) is 7.57. The number of amides is 2. The maximum atomic E-state index is 13.8. The summed E-state index contributed by atoms with van der Waals surface area (Å²) in [6.45, 7) is 1.79. The van der Waals surface area contributed by atoms with Crippen LogP contribution in [0.1, 0.15) is 21.5 Å². The number of anilines is 1. The Hall–Kier alpha value is -4.38. The number of nitrogens with two attached hydrogens (primary N) is 1. The van der Waals surface area contributed by atoms with Crippen LogP contribution >= 0.6 is 0 Å². The standard InChI is InChI=1S/C28H27F3N4O4/c29-28(30,31)23-17-22(20-3-5-21(6-4-20)27(37)35-12-15-38-16-13-35)7-8-24(23)39-14-11-33-26(36)10-2-19-1-9-25(32)34-18-19/h1-10,17-18H,11-16H2,(H2,32,34)(H,33,36). The Bertz CT molecular complexity index is 1320. The number of ether oxygens (including phenoxy) is 2. The molecule has 2 heterocycles. The van der Waals surface area contributed by atoms with Gasteiger partial charge < -0.3 is 25.4 Å².